The lowest BCUT2D eigenvalue weighted by molar-refractivity contribution is 0.0522. The van der Waals surface area contributed by atoms with Gasteiger partial charge in [-0.1, -0.05) is 6.07 Å². The fraction of sp³-hybridized carbons (Fsp3) is 0.462. The maximum absolute atomic E-state index is 11.8. The highest BCUT2D eigenvalue weighted by atomic mass is 32.2. The van der Waals surface area contributed by atoms with Crippen molar-refractivity contribution in [3.8, 4) is 0 Å². The number of carbonyl (C=O) groups excluding carboxylic acids is 1. The molecule has 1 aromatic rings. The number of hydrogen-bond acceptors (Lipinski definition) is 5. The van der Waals surface area contributed by atoms with E-state index in [2.05, 4.69) is 0 Å². The molecule has 5 heteroatoms. The molecule has 0 spiro atoms. The van der Waals surface area contributed by atoms with Gasteiger partial charge in [0.2, 0.25) is 0 Å². The maximum atomic E-state index is 11.8. The minimum absolute atomic E-state index is 0.320. The smallest absolute Gasteiger partial charge is 0.339 e. The fourth-order valence-corrected chi connectivity index (χ4v) is 2.47. The van der Waals surface area contributed by atoms with Crippen LogP contribution in [0.3, 0.4) is 0 Å². The molecule has 18 heavy (non-hydrogen) atoms. The van der Waals surface area contributed by atoms with E-state index in [1.54, 1.807) is 44.0 Å². The van der Waals surface area contributed by atoms with Gasteiger partial charge in [-0.3, -0.25) is 0 Å². The molecule has 0 aliphatic carbocycles. The molecule has 0 saturated carbocycles. The average molecular weight is 269 g/mol. The molecular formula is C13H19NO3S. The number of esters is 1. The standard InChI is InChI=1S/C13H19NO3S/c1-3-17-13(15)10-6-4-7-11(14)12(10)18-9-5-8-16-2/h4,6-7H,3,5,8-9,14H2,1-2H3. The summed E-state index contributed by atoms with van der Waals surface area (Å²) in [6.45, 7) is 2.85. The van der Waals surface area contributed by atoms with Crippen molar-refractivity contribution in [1.82, 2.24) is 0 Å². The van der Waals surface area contributed by atoms with Crippen LogP contribution in [-0.2, 0) is 9.47 Å². The first-order valence-corrected chi connectivity index (χ1v) is 6.86. The molecule has 0 heterocycles. The van der Waals surface area contributed by atoms with E-state index in [1.165, 1.54) is 0 Å². The second-order valence-electron chi connectivity index (χ2n) is 3.64. The Bertz CT molecular complexity index is 396. The first kappa shape index (κ1) is 14.9. The summed E-state index contributed by atoms with van der Waals surface area (Å²) in [5.74, 6) is 0.535. The lowest BCUT2D eigenvalue weighted by atomic mass is 10.2. The molecule has 0 amide bonds. The molecule has 1 aromatic carbocycles. The van der Waals surface area contributed by atoms with Gasteiger partial charge >= 0.3 is 5.97 Å². The van der Waals surface area contributed by atoms with Gasteiger partial charge in [0, 0.05) is 30.1 Å². The van der Waals surface area contributed by atoms with Gasteiger partial charge in [0.15, 0.2) is 0 Å². The first-order valence-electron chi connectivity index (χ1n) is 5.88. The summed E-state index contributed by atoms with van der Waals surface area (Å²) in [5.41, 5.74) is 7.07. The lowest BCUT2D eigenvalue weighted by Gasteiger charge is -2.10. The zero-order valence-electron chi connectivity index (χ0n) is 10.8. The molecule has 100 valence electrons. The van der Waals surface area contributed by atoms with Crippen LogP contribution in [0.5, 0.6) is 0 Å². The number of benzene rings is 1. The molecule has 0 fully saturated rings. The number of nitrogen functional groups attached to an aromatic ring is 1. The van der Waals surface area contributed by atoms with Gasteiger partial charge in [-0.05, 0) is 25.5 Å². The van der Waals surface area contributed by atoms with Gasteiger partial charge in [0.25, 0.3) is 0 Å². The van der Waals surface area contributed by atoms with Crippen molar-refractivity contribution in [1.29, 1.82) is 0 Å². The lowest BCUT2D eigenvalue weighted by Crippen LogP contribution is -2.08. The van der Waals surface area contributed by atoms with Crippen molar-refractivity contribution in [2.75, 3.05) is 31.8 Å². The molecule has 4 nitrogen and oxygen atoms in total. The number of hydrogen-bond donors (Lipinski definition) is 1. The molecule has 0 aliphatic heterocycles. The predicted octanol–water partition coefficient (Wildman–Crippen LogP) is 2.57. The zero-order valence-corrected chi connectivity index (χ0v) is 11.6. The van der Waals surface area contributed by atoms with E-state index < -0.39 is 0 Å². The van der Waals surface area contributed by atoms with Crippen LogP contribution in [0.15, 0.2) is 23.1 Å². The van der Waals surface area contributed by atoms with Crippen molar-refractivity contribution < 1.29 is 14.3 Å². The third kappa shape index (κ3) is 4.23. The van der Waals surface area contributed by atoms with E-state index in [9.17, 15) is 4.79 Å². The summed E-state index contributed by atoms with van der Waals surface area (Å²) < 4.78 is 10.0. The Kier molecular flexibility index (Phi) is 6.60. The number of ether oxygens (including phenoxy) is 2. The van der Waals surface area contributed by atoms with E-state index in [0.717, 1.165) is 17.1 Å². The first-order chi connectivity index (χ1) is 8.70. The van der Waals surface area contributed by atoms with E-state index in [1.807, 2.05) is 0 Å². The third-order valence-corrected chi connectivity index (χ3v) is 3.52. The summed E-state index contributed by atoms with van der Waals surface area (Å²) in [6, 6.07) is 5.30. The molecule has 1 rings (SSSR count). The van der Waals surface area contributed by atoms with E-state index in [-0.39, 0.29) is 5.97 Å². The van der Waals surface area contributed by atoms with Gasteiger partial charge in [0.1, 0.15) is 0 Å². The topological polar surface area (TPSA) is 61.5 Å². The Hall–Kier alpha value is -1.20. The normalized spacial score (nSPS) is 10.3. The minimum atomic E-state index is -0.320. The van der Waals surface area contributed by atoms with Gasteiger partial charge < -0.3 is 15.2 Å². The van der Waals surface area contributed by atoms with Gasteiger partial charge in [-0.2, -0.15) is 0 Å². The van der Waals surface area contributed by atoms with Crippen molar-refractivity contribution in [2.24, 2.45) is 0 Å². The average Bonchev–Trinajstić information content (AvgIpc) is 2.36. The summed E-state index contributed by atoms with van der Waals surface area (Å²) in [7, 11) is 1.67. The number of nitrogens with two attached hydrogens (primary N) is 1. The molecule has 0 radical (unpaired) electrons. The molecule has 0 aliphatic rings. The highest BCUT2D eigenvalue weighted by Crippen LogP contribution is 2.30. The van der Waals surface area contributed by atoms with Crippen molar-refractivity contribution in [2.45, 2.75) is 18.2 Å². The summed E-state index contributed by atoms with van der Waals surface area (Å²) in [4.78, 5) is 12.6. The summed E-state index contributed by atoms with van der Waals surface area (Å²) in [5, 5.41) is 0. The Balaban J connectivity index is 2.77. The number of methoxy groups -OCH3 is 1. The quantitative estimate of drug-likeness (QED) is 0.357. The monoisotopic (exact) mass is 269 g/mol. The summed E-state index contributed by atoms with van der Waals surface area (Å²) in [6.07, 6.45) is 0.914. The Morgan fingerprint density at radius 2 is 2.22 bits per heavy atom. The van der Waals surface area contributed by atoms with Crippen LogP contribution >= 0.6 is 11.8 Å². The fourth-order valence-electron chi connectivity index (χ4n) is 1.46. The SMILES string of the molecule is CCOC(=O)c1cccc(N)c1SCCCOC. The number of anilines is 1. The van der Waals surface area contributed by atoms with Crippen LogP contribution in [-0.4, -0.2) is 32.0 Å². The number of carbonyl (C=O) groups is 1. The Morgan fingerprint density at radius 1 is 1.44 bits per heavy atom. The van der Waals surface area contributed by atoms with Gasteiger partial charge in [-0.25, -0.2) is 4.79 Å². The molecule has 0 unspecified atom stereocenters. The Labute approximate surface area is 112 Å². The van der Waals surface area contributed by atoms with E-state index >= 15 is 0 Å². The predicted molar refractivity (Wildman–Crippen MR) is 74.0 cm³/mol. The molecule has 0 bridgehead atoms. The maximum Gasteiger partial charge on any atom is 0.339 e. The number of rotatable bonds is 7. The molecule has 0 aromatic heterocycles. The van der Waals surface area contributed by atoms with Crippen molar-refractivity contribution in [3.63, 3.8) is 0 Å². The highest BCUT2D eigenvalue weighted by molar-refractivity contribution is 7.99. The largest absolute Gasteiger partial charge is 0.462 e. The van der Waals surface area contributed by atoms with Crippen LogP contribution < -0.4 is 5.73 Å². The molecular weight excluding hydrogens is 250 g/mol. The number of thioether (sulfide) groups is 1. The van der Waals surface area contributed by atoms with Gasteiger partial charge in [-0.15, -0.1) is 11.8 Å². The molecule has 0 atom stereocenters. The summed E-state index contributed by atoms with van der Waals surface area (Å²) >= 11 is 1.56. The molecule has 2 N–H and O–H groups in total. The van der Waals surface area contributed by atoms with E-state index in [4.69, 9.17) is 15.2 Å². The van der Waals surface area contributed by atoms with Gasteiger partial charge in [0.05, 0.1) is 12.2 Å². The minimum Gasteiger partial charge on any atom is -0.462 e. The third-order valence-electron chi connectivity index (χ3n) is 2.28. The molecule has 0 saturated heterocycles. The zero-order chi connectivity index (χ0) is 13.4. The van der Waals surface area contributed by atoms with Crippen LogP contribution in [0, 0.1) is 0 Å². The van der Waals surface area contributed by atoms with Crippen molar-refractivity contribution >= 4 is 23.4 Å². The van der Waals surface area contributed by atoms with E-state index in [0.29, 0.717) is 24.5 Å². The Morgan fingerprint density at radius 3 is 2.89 bits per heavy atom. The second kappa shape index (κ2) is 8.00. The van der Waals surface area contributed by atoms with Crippen LogP contribution in [0.2, 0.25) is 0 Å². The van der Waals surface area contributed by atoms with Crippen molar-refractivity contribution in [3.05, 3.63) is 23.8 Å². The van der Waals surface area contributed by atoms with Crippen LogP contribution in [0.4, 0.5) is 5.69 Å². The van der Waals surface area contributed by atoms with Crippen LogP contribution in [0.1, 0.15) is 23.7 Å². The highest BCUT2D eigenvalue weighted by Gasteiger charge is 2.14. The van der Waals surface area contributed by atoms with Crippen LogP contribution in [0.25, 0.3) is 0 Å². The second-order valence-corrected chi connectivity index (χ2v) is 4.74.